The van der Waals surface area contributed by atoms with Crippen molar-refractivity contribution in [2.75, 3.05) is 11.4 Å². The molecule has 0 amide bonds. The van der Waals surface area contributed by atoms with Gasteiger partial charge in [-0.1, -0.05) is 42.5 Å². The topological polar surface area (TPSA) is 29.3 Å². The molecule has 1 saturated heterocycles. The van der Waals surface area contributed by atoms with E-state index in [9.17, 15) is 0 Å². The Balaban J connectivity index is 1.94. The number of rotatable bonds is 0. The monoisotopic (exact) mass is 264 g/mol. The van der Waals surface area contributed by atoms with E-state index in [4.69, 9.17) is 5.73 Å². The third-order valence-electron chi connectivity index (χ3n) is 4.73. The van der Waals surface area contributed by atoms with Crippen LogP contribution in [0.15, 0.2) is 48.5 Å². The van der Waals surface area contributed by atoms with Crippen molar-refractivity contribution in [1.82, 2.24) is 0 Å². The smallest absolute Gasteiger partial charge is 0.0696 e. The van der Waals surface area contributed by atoms with E-state index < -0.39 is 0 Å². The molecule has 2 nitrogen and oxygen atoms in total. The van der Waals surface area contributed by atoms with Gasteiger partial charge in [0, 0.05) is 18.3 Å². The minimum absolute atomic E-state index is 0.232. The summed E-state index contributed by atoms with van der Waals surface area (Å²) in [6.07, 6.45) is 3.33. The molecule has 2 aromatic rings. The molecular formula is C18H20N2. The number of para-hydroxylation sites is 1. The van der Waals surface area contributed by atoms with E-state index in [1.165, 1.54) is 28.8 Å². The third-order valence-corrected chi connectivity index (χ3v) is 4.73. The molecule has 0 radical (unpaired) electrons. The third kappa shape index (κ3) is 1.75. The average Bonchev–Trinajstić information content (AvgIpc) is 2.62. The van der Waals surface area contributed by atoms with Crippen LogP contribution in [0.3, 0.4) is 0 Å². The molecule has 2 heteroatoms. The Morgan fingerprint density at radius 2 is 1.70 bits per heavy atom. The van der Waals surface area contributed by atoms with Crippen LogP contribution < -0.4 is 10.6 Å². The van der Waals surface area contributed by atoms with E-state index in [-0.39, 0.29) is 6.04 Å². The number of benzene rings is 2. The van der Waals surface area contributed by atoms with Crippen LogP contribution in [0.1, 0.15) is 35.6 Å². The fourth-order valence-corrected chi connectivity index (χ4v) is 3.82. The SMILES string of the molecule is N[C@@H]1CCCN2c3ccccc3Cc3ccccc3[C@H]12. The van der Waals surface area contributed by atoms with Crippen LogP contribution in [0.2, 0.25) is 0 Å². The maximum atomic E-state index is 6.49. The minimum atomic E-state index is 0.232. The number of piperidine rings is 1. The summed E-state index contributed by atoms with van der Waals surface area (Å²) in [6, 6.07) is 18.2. The Labute approximate surface area is 120 Å². The summed E-state index contributed by atoms with van der Waals surface area (Å²) < 4.78 is 0. The first-order chi connectivity index (χ1) is 9.84. The molecule has 20 heavy (non-hydrogen) atoms. The first-order valence-electron chi connectivity index (χ1n) is 7.52. The zero-order chi connectivity index (χ0) is 13.5. The Bertz CT molecular complexity index is 635. The Kier molecular flexibility index (Phi) is 2.78. The lowest BCUT2D eigenvalue weighted by Crippen LogP contribution is -2.46. The first-order valence-corrected chi connectivity index (χ1v) is 7.52. The molecule has 0 bridgehead atoms. The largest absolute Gasteiger partial charge is 0.363 e. The van der Waals surface area contributed by atoms with Crippen LogP contribution in [-0.4, -0.2) is 12.6 Å². The highest BCUT2D eigenvalue weighted by Gasteiger charge is 2.34. The molecule has 2 N–H and O–H groups in total. The lowest BCUT2D eigenvalue weighted by molar-refractivity contribution is 0.410. The summed E-state index contributed by atoms with van der Waals surface area (Å²) in [5.74, 6) is 0. The van der Waals surface area contributed by atoms with E-state index in [2.05, 4.69) is 53.4 Å². The number of nitrogens with zero attached hydrogens (tertiary/aromatic N) is 1. The van der Waals surface area contributed by atoms with Crippen molar-refractivity contribution < 1.29 is 0 Å². The second-order valence-corrected chi connectivity index (χ2v) is 5.95. The zero-order valence-electron chi connectivity index (χ0n) is 11.6. The van der Waals surface area contributed by atoms with Gasteiger partial charge < -0.3 is 10.6 Å². The molecule has 4 rings (SSSR count). The molecule has 2 aliphatic heterocycles. The van der Waals surface area contributed by atoms with Crippen LogP contribution in [0, 0.1) is 0 Å². The van der Waals surface area contributed by atoms with Gasteiger partial charge in [0.25, 0.3) is 0 Å². The molecule has 1 fully saturated rings. The van der Waals surface area contributed by atoms with Gasteiger partial charge in [-0.05, 0) is 42.0 Å². The predicted molar refractivity (Wildman–Crippen MR) is 83.0 cm³/mol. The van der Waals surface area contributed by atoms with Crippen LogP contribution in [0.25, 0.3) is 0 Å². The molecule has 2 atom stereocenters. The first kappa shape index (κ1) is 12.0. The Morgan fingerprint density at radius 3 is 2.60 bits per heavy atom. The molecule has 2 aromatic carbocycles. The van der Waals surface area contributed by atoms with Gasteiger partial charge in [0.05, 0.1) is 6.04 Å². The summed E-state index contributed by atoms with van der Waals surface area (Å²) in [4.78, 5) is 2.54. The van der Waals surface area contributed by atoms with Crippen molar-refractivity contribution in [2.24, 2.45) is 5.73 Å². The molecule has 0 saturated carbocycles. The highest BCUT2D eigenvalue weighted by atomic mass is 15.2. The second kappa shape index (κ2) is 4.64. The summed E-state index contributed by atoms with van der Waals surface area (Å²) in [5.41, 5.74) is 12.2. The molecule has 0 aromatic heterocycles. The van der Waals surface area contributed by atoms with Crippen LogP contribution in [-0.2, 0) is 6.42 Å². The normalized spacial score (nSPS) is 24.4. The number of hydrogen-bond donors (Lipinski definition) is 1. The maximum Gasteiger partial charge on any atom is 0.0696 e. The average molecular weight is 264 g/mol. The van der Waals surface area contributed by atoms with E-state index in [1.54, 1.807) is 0 Å². The van der Waals surface area contributed by atoms with Crippen molar-refractivity contribution in [3.63, 3.8) is 0 Å². The van der Waals surface area contributed by atoms with Gasteiger partial charge in [0.15, 0.2) is 0 Å². The zero-order valence-corrected chi connectivity index (χ0v) is 11.6. The van der Waals surface area contributed by atoms with Crippen molar-refractivity contribution >= 4 is 5.69 Å². The van der Waals surface area contributed by atoms with Gasteiger partial charge in [-0.15, -0.1) is 0 Å². The molecule has 0 unspecified atom stereocenters. The van der Waals surface area contributed by atoms with Crippen molar-refractivity contribution in [3.05, 3.63) is 65.2 Å². The number of fused-ring (bicyclic) bond motifs is 5. The van der Waals surface area contributed by atoms with Crippen molar-refractivity contribution in [3.8, 4) is 0 Å². The predicted octanol–water partition coefficient (Wildman–Crippen LogP) is 3.26. The van der Waals surface area contributed by atoms with E-state index in [0.29, 0.717) is 6.04 Å². The Hall–Kier alpha value is -1.80. The van der Waals surface area contributed by atoms with Crippen LogP contribution in [0.5, 0.6) is 0 Å². The summed E-state index contributed by atoms with van der Waals surface area (Å²) in [7, 11) is 0. The van der Waals surface area contributed by atoms with E-state index in [0.717, 1.165) is 19.4 Å². The van der Waals surface area contributed by atoms with E-state index in [1.807, 2.05) is 0 Å². The maximum absolute atomic E-state index is 6.49. The quantitative estimate of drug-likeness (QED) is 0.791. The fourth-order valence-electron chi connectivity index (χ4n) is 3.82. The van der Waals surface area contributed by atoms with Gasteiger partial charge >= 0.3 is 0 Å². The van der Waals surface area contributed by atoms with Gasteiger partial charge in [-0.2, -0.15) is 0 Å². The van der Waals surface area contributed by atoms with Gasteiger partial charge in [0.2, 0.25) is 0 Å². The summed E-state index contributed by atoms with van der Waals surface area (Å²) in [6.45, 7) is 1.11. The lowest BCUT2D eigenvalue weighted by atomic mass is 9.88. The second-order valence-electron chi connectivity index (χ2n) is 5.95. The van der Waals surface area contributed by atoms with Crippen molar-refractivity contribution in [2.45, 2.75) is 31.3 Å². The summed E-state index contributed by atoms with van der Waals surface area (Å²) >= 11 is 0. The van der Waals surface area contributed by atoms with Crippen LogP contribution >= 0.6 is 0 Å². The van der Waals surface area contributed by atoms with Gasteiger partial charge in [-0.3, -0.25) is 0 Å². The van der Waals surface area contributed by atoms with E-state index >= 15 is 0 Å². The molecule has 2 heterocycles. The standard InChI is InChI=1S/C18H20N2/c19-16-9-5-11-20-17-10-4-2-7-14(17)12-13-6-1-3-8-15(13)18(16)20/h1-4,6-8,10,16,18H,5,9,11-12,19H2/t16-,18-/m1/s1. The molecule has 0 spiro atoms. The molecular weight excluding hydrogens is 244 g/mol. The minimum Gasteiger partial charge on any atom is -0.363 e. The molecule has 102 valence electrons. The highest BCUT2D eigenvalue weighted by Crippen LogP contribution is 2.41. The van der Waals surface area contributed by atoms with Crippen molar-refractivity contribution in [1.29, 1.82) is 0 Å². The molecule has 0 aliphatic carbocycles. The lowest BCUT2D eigenvalue weighted by Gasteiger charge is -2.41. The highest BCUT2D eigenvalue weighted by molar-refractivity contribution is 5.61. The number of anilines is 1. The fraction of sp³-hybridized carbons (Fsp3) is 0.333. The van der Waals surface area contributed by atoms with Gasteiger partial charge in [-0.25, -0.2) is 0 Å². The van der Waals surface area contributed by atoms with Crippen LogP contribution in [0.4, 0.5) is 5.69 Å². The summed E-state index contributed by atoms with van der Waals surface area (Å²) in [5, 5.41) is 0. The number of hydrogen-bond acceptors (Lipinski definition) is 2. The van der Waals surface area contributed by atoms with Gasteiger partial charge in [0.1, 0.15) is 0 Å². The Morgan fingerprint density at radius 1 is 0.950 bits per heavy atom. The number of nitrogens with two attached hydrogens (primary N) is 1. The molecule has 2 aliphatic rings.